The van der Waals surface area contributed by atoms with Crippen LogP contribution >= 0.6 is 23.6 Å². The van der Waals surface area contributed by atoms with Crippen LogP contribution in [0.2, 0.25) is 0 Å². The number of carbonyl (C=O) groups is 2. The van der Waals surface area contributed by atoms with Crippen molar-refractivity contribution < 1.29 is 18.7 Å². The molecule has 0 fully saturated rings. The van der Waals surface area contributed by atoms with E-state index >= 15 is 0 Å². The number of para-hydroxylation sites is 1. The molecule has 0 saturated carbocycles. The third-order valence-corrected chi connectivity index (χ3v) is 4.81. The molecule has 2 heterocycles. The summed E-state index contributed by atoms with van der Waals surface area (Å²) >= 11 is 6.61. The van der Waals surface area contributed by atoms with Gasteiger partial charge in [-0.05, 0) is 42.7 Å². The lowest BCUT2D eigenvalue weighted by molar-refractivity contribution is -0.133. The number of benzene rings is 1. The zero-order chi connectivity index (χ0) is 20.1. The largest absolute Gasteiger partial charge is 0.478 e. The van der Waals surface area contributed by atoms with Crippen LogP contribution in [0.4, 0.5) is 4.39 Å². The zero-order valence-corrected chi connectivity index (χ0v) is 16.3. The molecule has 2 aromatic heterocycles. The van der Waals surface area contributed by atoms with Gasteiger partial charge in [0.2, 0.25) is 0 Å². The number of aromatic amines is 1. The maximum Gasteiger partial charge on any atom is 0.279 e. The summed E-state index contributed by atoms with van der Waals surface area (Å²) in [5.74, 6) is -1.26. The van der Waals surface area contributed by atoms with Crippen LogP contribution in [0.15, 0.2) is 41.8 Å². The molecule has 0 spiro atoms. The highest BCUT2D eigenvalue weighted by molar-refractivity contribution is 7.71. The standard InChI is InChI=1S/C17H16FN5O3S2/c1-10(26-12-6-3-2-5-11(12)18)16(25)21-19-14(24)9-23-15(20-22-17(23)27)13-7-4-8-28-13/h2-8,10H,9H2,1H3,(H,19,24)(H,21,25)(H,22,27)/t10-/m1/s1. The first-order chi connectivity index (χ1) is 13.5. The molecule has 8 nitrogen and oxygen atoms in total. The van der Waals surface area contributed by atoms with Crippen LogP contribution in [0.5, 0.6) is 5.75 Å². The predicted molar refractivity (Wildman–Crippen MR) is 104 cm³/mol. The number of rotatable bonds is 6. The van der Waals surface area contributed by atoms with E-state index in [-0.39, 0.29) is 17.1 Å². The van der Waals surface area contributed by atoms with Crippen LogP contribution in [0.1, 0.15) is 6.92 Å². The molecule has 1 aromatic carbocycles. The van der Waals surface area contributed by atoms with E-state index in [4.69, 9.17) is 17.0 Å². The molecule has 0 aliphatic rings. The molecule has 0 bridgehead atoms. The molecule has 3 aromatic rings. The Kier molecular flexibility index (Phi) is 6.16. The fraction of sp³-hybridized carbons (Fsp3) is 0.176. The fourth-order valence-electron chi connectivity index (χ4n) is 2.26. The number of amides is 2. The number of nitrogens with zero attached hydrogens (tertiary/aromatic N) is 2. The number of carbonyl (C=O) groups excluding carboxylic acids is 2. The highest BCUT2D eigenvalue weighted by atomic mass is 32.1. The monoisotopic (exact) mass is 421 g/mol. The Hall–Kier alpha value is -3.05. The van der Waals surface area contributed by atoms with Crippen molar-refractivity contribution in [2.24, 2.45) is 0 Å². The topological polar surface area (TPSA) is 101 Å². The molecular formula is C17H16FN5O3S2. The van der Waals surface area contributed by atoms with Gasteiger partial charge in [-0.25, -0.2) is 4.39 Å². The van der Waals surface area contributed by atoms with Crippen LogP contribution in [-0.4, -0.2) is 32.7 Å². The Morgan fingerprint density at radius 2 is 2.11 bits per heavy atom. The van der Waals surface area contributed by atoms with Crippen LogP contribution in [0.3, 0.4) is 0 Å². The normalized spacial score (nSPS) is 11.6. The molecule has 28 heavy (non-hydrogen) atoms. The van der Waals surface area contributed by atoms with Gasteiger partial charge in [-0.1, -0.05) is 18.2 Å². The number of halogens is 1. The molecule has 3 rings (SSSR count). The Morgan fingerprint density at radius 3 is 2.82 bits per heavy atom. The third kappa shape index (κ3) is 4.61. The van der Waals surface area contributed by atoms with E-state index in [1.807, 2.05) is 17.5 Å². The van der Waals surface area contributed by atoms with Crippen molar-refractivity contribution in [1.29, 1.82) is 0 Å². The van der Waals surface area contributed by atoms with E-state index in [1.165, 1.54) is 41.0 Å². The van der Waals surface area contributed by atoms with Crippen molar-refractivity contribution in [2.45, 2.75) is 19.6 Å². The molecule has 0 saturated heterocycles. The molecule has 3 N–H and O–H groups in total. The van der Waals surface area contributed by atoms with Crippen molar-refractivity contribution in [3.8, 4) is 16.5 Å². The minimum absolute atomic E-state index is 0.0539. The lowest BCUT2D eigenvalue weighted by atomic mass is 10.3. The quantitative estimate of drug-likeness (QED) is 0.419. The summed E-state index contributed by atoms with van der Waals surface area (Å²) in [4.78, 5) is 25.1. The van der Waals surface area contributed by atoms with E-state index in [0.717, 1.165) is 4.88 Å². The molecule has 0 radical (unpaired) electrons. The first kappa shape index (κ1) is 19.7. The predicted octanol–water partition coefficient (Wildman–Crippen LogP) is 2.42. The highest BCUT2D eigenvalue weighted by Gasteiger charge is 2.18. The second kappa shape index (κ2) is 8.76. The summed E-state index contributed by atoms with van der Waals surface area (Å²) in [7, 11) is 0. The summed E-state index contributed by atoms with van der Waals surface area (Å²) in [6, 6.07) is 9.45. The summed E-state index contributed by atoms with van der Waals surface area (Å²) < 4.78 is 20.6. The van der Waals surface area contributed by atoms with Crippen molar-refractivity contribution in [3.63, 3.8) is 0 Å². The molecule has 0 aliphatic heterocycles. The van der Waals surface area contributed by atoms with Crippen molar-refractivity contribution >= 4 is 35.4 Å². The van der Waals surface area contributed by atoms with E-state index in [0.29, 0.717) is 5.82 Å². The van der Waals surface area contributed by atoms with Gasteiger partial charge in [0.05, 0.1) is 4.88 Å². The van der Waals surface area contributed by atoms with E-state index in [1.54, 1.807) is 6.07 Å². The number of nitrogens with one attached hydrogen (secondary N) is 3. The minimum atomic E-state index is -1.02. The Labute approximate surface area is 168 Å². The molecule has 11 heteroatoms. The summed E-state index contributed by atoms with van der Waals surface area (Å²) in [5, 5.41) is 8.65. The SMILES string of the molecule is C[C@@H](Oc1ccccc1F)C(=O)NNC(=O)Cn1c(-c2cccs2)n[nH]c1=S. The number of thiophene rings is 1. The van der Waals surface area contributed by atoms with Crippen molar-refractivity contribution in [1.82, 2.24) is 25.6 Å². The molecule has 0 aliphatic carbocycles. The zero-order valence-electron chi connectivity index (χ0n) is 14.6. The van der Waals surface area contributed by atoms with Crippen LogP contribution in [0, 0.1) is 10.6 Å². The maximum atomic E-state index is 13.6. The Morgan fingerprint density at radius 1 is 1.32 bits per heavy atom. The number of aromatic nitrogens is 3. The van der Waals surface area contributed by atoms with Crippen LogP contribution in [0.25, 0.3) is 10.7 Å². The average molecular weight is 421 g/mol. The van der Waals surface area contributed by atoms with Gasteiger partial charge in [0, 0.05) is 0 Å². The van der Waals surface area contributed by atoms with Gasteiger partial charge in [0.25, 0.3) is 11.8 Å². The third-order valence-electron chi connectivity index (χ3n) is 3.64. The van der Waals surface area contributed by atoms with Gasteiger partial charge in [0.15, 0.2) is 28.3 Å². The Bertz CT molecular complexity index is 1030. The number of H-pyrrole nitrogens is 1. The van der Waals surface area contributed by atoms with E-state index < -0.39 is 23.7 Å². The van der Waals surface area contributed by atoms with Gasteiger partial charge in [0.1, 0.15) is 6.54 Å². The number of hydrazine groups is 1. The van der Waals surface area contributed by atoms with Crippen LogP contribution in [-0.2, 0) is 16.1 Å². The summed E-state index contributed by atoms with van der Waals surface area (Å²) in [6.45, 7) is 1.29. The van der Waals surface area contributed by atoms with Gasteiger partial charge in [-0.3, -0.25) is 30.1 Å². The van der Waals surface area contributed by atoms with Gasteiger partial charge in [-0.2, -0.15) is 5.10 Å². The lowest BCUT2D eigenvalue weighted by Gasteiger charge is -2.15. The number of ether oxygens (including phenoxy) is 1. The lowest BCUT2D eigenvalue weighted by Crippen LogP contribution is -2.48. The molecule has 146 valence electrons. The molecule has 2 amide bonds. The molecule has 0 unspecified atom stereocenters. The minimum Gasteiger partial charge on any atom is -0.478 e. The first-order valence-electron chi connectivity index (χ1n) is 8.14. The maximum absolute atomic E-state index is 13.6. The number of hydrogen-bond donors (Lipinski definition) is 3. The van der Waals surface area contributed by atoms with Crippen LogP contribution < -0.4 is 15.6 Å². The Balaban J connectivity index is 1.56. The van der Waals surface area contributed by atoms with Gasteiger partial charge >= 0.3 is 0 Å². The van der Waals surface area contributed by atoms with E-state index in [9.17, 15) is 14.0 Å². The smallest absolute Gasteiger partial charge is 0.279 e. The van der Waals surface area contributed by atoms with E-state index in [2.05, 4.69) is 21.0 Å². The van der Waals surface area contributed by atoms with Crippen molar-refractivity contribution in [3.05, 3.63) is 52.4 Å². The number of hydrogen-bond acceptors (Lipinski definition) is 6. The second-order valence-electron chi connectivity index (χ2n) is 5.64. The summed E-state index contributed by atoms with van der Waals surface area (Å²) in [6.07, 6.45) is -1.02. The van der Waals surface area contributed by atoms with Gasteiger partial charge < -0.3 is 4.74 Å². The molecule has 1 atom stereocenters. The van der Waals surface area contributed by atoms with Gasteiger partial charge in [-0.15, -0.1) is 11.3 Å². The average Bonchev–Trinajstić information content (AvgIpc) is 3.32. The van der Waals surface area contributed by atoms with Crippen molar-refractivity contribution in [2.75, 3.05) is 0 Å². The summed E-state index contributed by atoms with van der Waals surface area (Å²) in [5.41, 5.74) is 4.53. The first-order valence-corrected chi connectivity index (χ1v) is 9.43. The molecular weight excluding hydrogens is 405 g/mol. The highest BCUT2D eigenvalue weighted by Crippen LogP contribution is 2.22. The second-order valence-corrected chi connectivity index (χ2v) is 6.98. The fourth-order valence-corrected chi connectivity index (χ4v) is 3.18.